The maximum Gasteiger partial charge on any atom is 0.234 e. The van der Waals surface area contributed by atoms with Gasteiger partial charge in [0.25, 0.3) is 0 Å². The van der Waals surface area contributed by atoms with Gasteiger partial charge in [-0.3, -0.25) is 9.69 Å². The summed E-state index contributed by atoms with van der Waals surface area (Å²) < 4.78 is 0. The van der Waals surface area contributed by atoms with E-state index in [9.17, 15) is 15.0 Å². The minimum Gasteiger partial charge on any atom is -0.389 e. The summed E-state index contributed by atoms with van der Waals surface area (Å²) in [4.78, 5) is 12.9. The van der Waals surface area contributed by atoms with Gasteiger partial charge >= 0.3 is 0 Å². The second kappa shape index (κ2) is 5.66. The van der Waals surface area contributed by atoms with Crippen molar-refractivity contribution in [2.24, 2.45) is 0 Å². The molecule has 1 heterocycles. The molecule has 15 heavy (non-hydrogen) atoms. The van der Waals surface area contributed by atoms with Crippen LogP contribution in [0.15, 0.2) is 0 Å². The lowest BCUT2D eigenvalue weighted by molar-refractivity contribution is -0.122. The van der Waals surface area contributed by atoms with E-state index in [0.29, 0.717) is 19.6 Å². The van der Waals surface area contributed by atoms with Crippen molar-refractivity contribution < 1.29 is 15.0 Å². The molecule has 0 unspecified atom stereocenters. The minimum atomic E-state index is -0.767. The van der Waals surface area contributed by atoms with E-state index in [1.54, 1.807) is 4.90 Å². The van der Waals surface area contributed by atoms with Crippen LogP contribution >= 0.6 is 0 Å². The summed E-state index contributed by atoms with van der Waals surface area (Å²) in [5, 5.41) is 29.3. The number of aliphatic hydroxyl groups is 2. The van der Waals surface area contributed by atoms with Gasteiger partial charge in [-0.15, -0.1) is 0 Å². The molecule has 1 rings (SSSR count). The highest BCUT2D eigenvalue weighted by atomic mass is 16.3. The van der Waals surface area contributed by atoms with Crippen molar-refractivity contribution in [1.29, 1.82) is 5.26 Å². The molecule has 6 heteroatoms. The Labute approximate surface area is 88.1 Å². The number of β-amino-alcohol motifs (C(OH)–C–C–N with tert-alkyl or cyclic N) is 2. The number of nitrogens with one attached hydrogen (secondary N) is 1. The molecule has 0 aromatic carbocycles. The van der Waals surface area contributed by atoms with Crippen LogP contribution in [0, 0.1) is 11.3 Å². The highest BCUT2D eigenvalue weighted by Gasteiger charge is 2.30. The minimum absolute atomic E-state index is 0.152. The van der Waals surface area contributed by atoms with Crippen molar-refractivity contribution in [3.63, 3.8) is 0 Å². The monoisotopic (exact) mass is 213 g/mol. The summed E-state index contributed by atoms with van der Waals surface area (Å²) in [6, 6.07) is 1.92. The highest BCUT2D eigenvalue weighted by molar-refractivity contribution is 5.78. The molecule has 1 aliphatic rings. The molecule has 1 aliphatic heterocycles. The Bertz CT molecular complexity index is 254. The lowest BCUT2D eigenvalue weighted by Crippen LogP contribution is -2.37. The van der Waals surface area contributed by atoms with E-state index in [-0.39, 0.29) is 18.9 Å². The summed E-state index contributed by atoms with van der Waals surface area (Å²) in [6.07, 6.45) is -1.24. The first-order valence-electron chi connectivity index (χ1n) is 4.85. The topological polar surface area (TPSA) is 96.6 Å². The molecular weight excluding hydrogens is 198 g/mol. The first kappa shape index (κ1) is 11.9. The van der Waals surface area contributed by atoms with E-state index in [2.05, 4.69) is 5.32 Å². The van der Waals surface area contributed by atoms with Gasteiger partial charge in [-0.2, -0.15) is 5.26 Å². The van der Waals surface area contributed by atoms with Crippen molar-refractivity contribution in [2.45, 2.75) is 18.6 Å². The normalized spacial score (nSPS) is 26.2. The molecule has 6 nitrogen and oxygen atoms in total. The Hall–Kier alpha value is -1.16. The number of carbonyl (C=O) groups excluding carboxylic acids is 1. The third-order valence-electron chi connectivity index (χ3n) is 2.26. The van der Waals surface area contributed by atoms with Crippen LogP contribution in [0.25, 0.3) is 0 Å². The number of rotatable bonds is 4. The van der Waals surface area contributed by atoms with Gasteiger partial charge in [-0.05, 0) is 0 Å². The number of nitriles is 1. The Morgan fingerprint density at radius 1 is 1.47 bits per heavy atom. The van der Waals surface area contributed by atoms with Crippen molar-refractivity contribution in [2.75, 3.05) is 26.2 Å². The number of hydrogen-bond donors (Lipinski definition) is 3. The molecule has 1 fully saturated rings. The van der Waals surface area contributed by atoms with Gasteiger partial charge in [-0.25, -0.2) is 0 Å². The fourth-order valence-electron chi connectivity index (χ4n) is 1.49. The van der Waals surface area contributed by atoms with Gasteiger partial charge < -0.3 is 15.5 Å². The number of nitrogens with zero attached hydrogens (tertiary/aromatic N) is 2. The van der Waals surface area contributed by atoms with Crippen LogP contribution in [0.5, 0.6) is 0 Å². The number of amides is 1. The van der Waals surface area contributed by atoms with Gasteiger partial charge in [0, 0.05) is 19.6 Å². The number of likely N-dealkylation sites (tertiary alicyclic amines) is 1. The van der Waals surface area contributed by atoms with Gasteiger partial charge in [0.2, 0.25) is 5.91 Å². The molecule has 1 saturated heterocycles. The molecule has 0 aliphatic carbocycles. The van der Waals surface area contributed by atoms with E-state index >= 15 is 0 Å². The molecular formula is C9H15N3O3. The maximum atomic E-state index is 11.3. The predicted molar refractivity (Wildman–Crippen MR) is 51.7 cm³/mol. The lowest BCUT2D eigenvalue weighted by atomic mass is 10.3. The van der Waals surface area contributed by atoms with Crippen molar-refractivity contribution in [3.8, 4) is 6.07 Å². The smallest absolute Gasteiger partial charge is 0.234 e. The molecule has 0 aromatic rings. The zero-order chi connectivity index (χ0) is 11.3. The third kappa shape index (κ3) is 3.83. The van der Waals surface area contributed by atoms with E-state index in [0.717, 1.165) is 0 Å². The number of carbonyl (C=O) groups is 1. The standard InChI is InChI=1S/C9H15N3O3/c10-2-1-3-11-9(15)6-12-4-7(13)8(14)5-12/h7-8,13-14H,1,3-6H2,(H,11,15)/t7-,8+. The highest BCUT2D eigenvalue weighted by Crippen LogP contribution is 2.08. The van der Waals surface area contributed by atoms with E-state index in [1.165, 1.54) is 0 Å². The Morgan fingerprint density at radius 3 is 2.60 bits per heavy atom. The molecule has 2 atom stereocenters. The van der Waals surface area contributed by atoms with Gasteiger partial charge in [0.1, 0.15) is 0 Å². The molecule has 0 radical (unpaired) electrons. The third-order valence-corrected chi connectivity index (χ3v) is 2.26. The zero-order valence-corrected chi connectivity index (χ0v) is 8.39. The number of hydrogen-bond acceptors (Lipinski definition) is 5. The second-order valence-corrected chi connectivity index (χ2v) is 3.59. The lowest BCUT2D eigenvalue weighted by Gasteiger charge is -2.13. The molecule has 3 N–H and O–H groups in total. The molecule has 0 saturated carbocycles. The number of aliphatic hydroxyl groups excluding tert-OH is 2. The maximum absolute atomic E-state index is 11.3. The summed E-state index contributed by atoms with van der Waals surface area (Å²) in [5.41, 5.74) is 0. The van der Waals surface area contributed by atoms with Crippen LogP contribution in [-0.4, -0.2) is 59.4 Å². The molecule has 1 amide bonds. The van der Waals surface area contributed by atoms with Crippen molar-refractivity contribution in [1.82, 2.24) is 10.2 Å². The van der Waals surface area contributed by atoms with Crippen LogP contribution in [-0.2, 0) is 4.79 Å². The SMILES string of the molecule is N#CCCNC(=O)CN1C[C@@H](O)[C@@H](O)C1. The summed E-state index contributed by atoms with van der Waals surface area (Å²) in [7, 11) is 0. The molecule has 0 spiro atoms. The quantitative estimate of drug-likeness (QED) is 0.472. The summed E-state index contributed by atoms with van der Waals surface area (Å²) in [5.74, 6) is -0.188. The largest absolute Gasteiger partial charge is 0.389 e. The fraction of sp³-hybridized carbons (Fsp3) is 0.778. The second-order valence-electron chi connectivity index (χ2n) is 3.59. The van der Waals surface area contributed by atoms with Gasteiger partial charge in [0.05, 0.1) is 31.2 Å². The van der Waals surface area contributed by atoms with E-state index in [4.69, 9.17) is 5.26 Å². The Morgan fingerprint density at radius 2 is 2.07 bits per heavy atom. The van der Waals surface area contributed by atoms with Gasteiger partial charge in [0.15, 0.2) is 0 Å². The van der Waals surface area contributed by atoms with E-state index < -0.39 is 12.2 Å². The molecule has 0 aromatic heterocycles. The molecule has 0 bridgehead atoms. The average molecular weight is 213 g/mol. The zero-order valence-electron chi connectivity index (χ0n) is 8.39. The predicted octanol–water partition coefficient (Wildman–Crippen LogP) is -1.95. The average Bonchev–Trinajstić information content (AvgIpc) is 2.46. The van der Waals surface area contributed by atoms with Crippen molar-refractivity contribution in [3.05, 3.63) is 0 Å². The van der Waals surface area contributed by atoms with Gasteiger partial charge in [-0.1, -0.05) is 0 Å². The van der Waals surface area contributed by atoms with Crippen LogP contribution < -0.4 is 5.32 Å². The summed E-state index contributed by atoms with van der Waals surface area (Å²) >= 11 is 0. The first-order valence-corrected chi connectivity index (χ1v) is 4.85. The summed E-state index contributed by atoms with van der Waals surface area (Å²) in [6.45, 7) is 1.12. The first-order chi connectivity index (χ1) is 7.13. The Balaban J connectivity index is 2.19. The Kier molecular flexibility index (Phi) is 4.49. The van der Waals surface area contributed by atoms with Crippen LogP contribution in [0.2, 0.25) is 0 Å². The van der Waals surface area contributed by atoms with Crippen LogP contribution in [0.4, 0.5) is 0 Å². The van der Waals surface area contributed by atoms with E-state index in [1.807, 2.05) is 6.07 Å². The van der Waals surface area contributed by atoms with Crippen molar-refractivity contribution >= 4 is 5.91 Å². The van der Waals surface area contributed by atoms with Crippen LogP contribution in [0.3, 0.4) is 0 Å². The van der Waals surface area contributed by atoms with Crippen LogP contribution in [0.1, 0.15) is 6.42 Å². The fourth-order valence-corrected chi connectivity index (χ4v) is 1.49. The molecule has 84 valence electrons.